The maximum atomic E-state index is 12.1. The molecule has 0 spiro atoms. The molecule has 0 saturated carbocycles. The van der Waals surface area contributed by atoms with Gasteiger partial charge < -0.3 is 5.32 Å². The Labute approximate surface area is 105 Å². The lowest BCUT2D eigenvalue weighted by Gasteiger charge is -2.16. The number of anilines is 1. The van der Waals surface area contributed by atoms with Crippen molar-refractivity contribution in [3.63, 3.8) is 0 Å². The van der Waals surface area contributed by atoms with Crippen molar-refractivity contribution in [2.75, 3.05) is 5.32 Å². The molecule has 4 heteroatoms. The second-order valence-corrected chi connectivity index (χ2v) is 4.59. The normalized spacial score (nSPS) is 19.0. The van der Waals surface area contributed by atoms with Gasteiger partial charge in [0.25, 0.3) is 0 Å². The number of aromatic nitrogens is 2. The number of fused-ring (bicyclic) bond motifs is 1. The van der Waals surface area contributed by atoms with Crippen LogP contribution in [0.15, 0.2) is 36.4 Å². The Kier molecular flexibility index (Phi) is 2.84. The standard InChI is InChI=1S/C14H15N3O/c18-14(10-6-2-1-3-7-10)15-13-11-8-4-5-9-12(11)16-17-13/h1-2,4-5,8-10H,3,6-7H2,(H2,15,16,17,18). The van der Waals surface area contributed by atoms with Crippen molar-refractivity contribution in [3.8, 4) is 0 Å². The van der Waals surface area contributed by atoms with Crippen LogP contribution in [0.3, 0.4) is 0 Å². The van der Waals surface area contributed by atoms with Gasteiger partial charge in [0.15, 0.2) is 5.82 Å². The van der Waals surface area contributed by atoms with Gasteiger partial charge in [-0.15, -0.1) is 0 Å². The van der Waals surface area contributed by atoms with Gasteiger partial charge in [-0.2, -0.15) is 5.10 Å². The van der Waals surface area contributed by atoms with E-state index in [2.05, 4.69) is 27.7 Å². The number of nitrogens with one attached hydrogen (secondary N) is 2. The fraction of sp³-hybridized carbons (Fsp3) is 0.286. The molecule has 0 radical (unpaired) electrons. The zero-order chi connectivity index (χ0) is 12.4. The van der Waals surface area contributed by atoms with E-state index in [1.165, 1.54) is 0 Å². The van der Waals surface area contributed by atoms with E-state index in [0.29, 0.717) is 5.82 Å². The summed E-state index contributed by atoms with van der Waals surface area (Å²) in [6.07, 6.45) is 6.95. The summed E-state index contributed by atoms with van der Waals surface area (Å²) < 4.78 is 0. The number of nitrogens with zero attached hydrogens (tertiary/aromatic N) is 1. The Balaban J connectivity index is 1.79. The second-order valence-electron chi connectivity index (χ2n) is 4.59. The van der Waals surface area contributed by atoms with Crippen molar-refractivity contribution in [3.05, 3.63) is 36.4 Å². The molecule has 18 heavy (non-hydrogen) atoms. The first kappa shape index (κ1) is 11.0. The van der Waals surface area contributed by atoms with Crippen LogP contribution in [-0.2, 0) is 4.79 Å². The SMILES string of the molecule is O=C(Nc1n[nH]c2ccccc12)C1CC=CCC1. The summed E-state index contributed by atoms with van der Waals surface area (Å²) in [6.45, 7) is 0. The summed E-state index contributed by atoms with van der Waals surface area (Å²) >= 11 is 0. The van der Waals surface area contributed by atoms with Crippen LogP contribution in [-0.4, -0.2) is 16.1 Å². The molecule has 0 bridgehead atoms. The highest BCUT2D eigenvalue weighted by Crippen LogP contribution is 2.23. The Morgan fingerprint density at radius 3 is 3.06 bits per heavy atom. The minimum atomic E-state index is 0.0663. The first-order valence-electron chi connectivity index (χ1n) is 6.23. The number of carbonyl (C=O) groups excluding carboxylic acids is 1. The van der Waals surface area contributed by atoms with Crippen LogP contribution in [0.25, 0.3) is 10.9 Å². The fourth-order valence-electron chi connectivity index (χ4n) is 2.31. The average Bonchev–Trinajstić information content (AvgIpc) is 2.83. The Hall–Kier alpha value is -2.10. The van der Waals surface area contributed by atoms with E-state index in [1.807, 2.05) is 24.3 Å². The largest absolute Gasteiger partial charge is 0.308 e. The van der Waals surface area contributed by atoms with Crippen LogP contribution >= 0.6 is 0 Å². The molecule has 2 aromatic rings. The van der Waals surface area contributed by atoms with Gasteiger partial charge in [0, 0.05) is 11.3 Å². The van der Waals surface area contributed by atoms with Crippen LogP contribution < -0.4 is 5.32 Å². The molecule has 2 N–H and O–H groups in total. The predicted octanol–water partition coefficient (Wildman–Crippen LogP) is 2.86. The number of rotatable bonds is 2. The van der Waals surface area contributed by atoms with Crippen LogP contribution in [0, 0.1) is 5.92 Å². The molecule has 1 amide bonds. The zero-order valence-electron chi connectivity index (χ0n) is 10.0. The topological polar surface area (TPSA) is 57.8 Å². The summed E-state index contributed by atoms with van der Waals surface area (Å²) in [6, 6.07) is 7.78. The highest BCUT2D eigenvalue weighted by molar-refractivity contribution is 6.00. The molecule has 1 aromatic heterocycles. The molecule has 92 valence electrons. The van der Waals surface area contributed by atoms with Gasteiger partial charge in [-0.05, 0) is 31.4 Å². The van der Waals surface area contributed by atoms with E-state index >= 15 is 0 Å². The summed E-state index contributed by atoms with van der Waals surface area (Å²) in [7, 11) is 0. The molecular formula is C14H15N3O. The second kappa shape index (κ2) is 4.64. The molecule has 1 atom stereocenters. The van der Waals surface area contributed by atoms with E-state index in [1.54, 1.807) is 0 Å². The van der Waals surface area contributed by atoms with E-state index in [9.17, 15) is 4.79 Å². The highest BCUT2D eigenvalue weighted by atomic mass is 16.1. The van der Waals surface area contributed by atoms with Crippen molar-refractivity contribution < 1.29 is 4.79 Å². The summed E-state index contributed by atoms with van der Waals surface area (Å²) in [5, 5.41) is 10.9. The van der Waals surface area contributed by atoms with Gasteiger partial charge >= 0.3 is 0 Å². The lowest BCUT2D eigenvalue weighted by atomic mass is 9.94. The number of benzene rings is 1. The summed E-state index contributed by atoms with van der Waals surface area (Å²) in [5.74, 6) is 0.771. The number of allylic oxidation sites excluding steroid dienone is 2. The first-order chi connectivity index (χ1) is 8.84. The Morgan fingerprint density at radius 1 is 1.33 bits per heavy atom. The first-order valence-corrected chi connectivity index (χ1v) is 6.23. The molecule has 0 fully saturated rings. The average molecular weight is 241 g/mol. The maximum absolute atomic E-state index is 12.1. The van der Waals surface area contributed by atoms with Gasteiger partial charge in [-0.1, -0.05) is 24.3 Å². The maximum Gasteiger partial charge on any atom is 0.229 e. The van der Waals surface area contributed by atoms with E-state index in [0.717, 1.165) is 30.2 Å². The minimum Gasteiger partial charge on any atom is -0.308 e. The fourth-order valence-corrected chi connectivity index (χ4v) is 2.31. The molecule has 1 heterocycles. The number of aromatic amines is 1. The van der Waals surface area contributed by atoms with Gasteiger partial charge in [0.2, 0.25) is 5.91 Å². The minimum absolute atomic E-state index is 0.0663. The van der Waals surface area contributed by atoms with Crippen molar-refractivity contribution in [1.82, 2.24) is 10.2 Å². The molecule has 1 unspecified atom stereocenters. The molecule has 1 aliphatic carbocycles. The highest BCUT2D eigenvalue weighted by Gasteiger charge is 2.20. The van der Waals surface area contributed by atoms with Crippen LogP contribution in [0.5, 0.6) is 0 Å². The number of amides is 1. The lowest BCUT2D eigenvalue weighted by molar-refractivity contribution is -0.120. The number of hydrogen-bond donors (Lipinski definition) is 2. The molecule has 4 nitrogen and oxygen atoms in total. The smallest absolute Gasteiger partial charge is 0.229 e. The van der Waals surface area contributed by atoms with Crippen molar-refractivity contribution in [2.24, 2.45) is 5.92 Å². The molecular weight excluding hydrogens is 226 g/mol. The number of hydrogen-bond acceptors (Lipinski definition) is 2. The Morgan fingerprint density at radius 2 is 2.22 bits per heavy atom. The van der Waals surface area contributed by atoms with E-state index in [-0.39, 0.29) is 11.8 Å². The third-order valence-corrected chi connectivity index (χ3v) is 3.35. The molecule has 3 rings (SSSR count). The monoisotopic (exact) mass is 241 g/mol. The van der Waals surface area contributed by atoms with Gasteiger partial charge in [0.1, 0.15) is 0 Å². The van der Waals surface area contributed by atoms with Gasteiger partial charge in [-0.25, -0.2) is 0 Å². The lowest BCUT2D eigenvalue weighted by Crippen LogP contribution is -2.23. The molecule has 0 saturated heterocycles. The van der Waals surface area contributed by atoms with Crippen LogP contribution in [0.4, 0.5) is 5.82 Å². The third kappa shape index (κ3) is 2.01. The quantitative estimate of drug-likeness (QED) is 0.794. The molecule has 0 aliphatic heterocycles. The van der Waals surface area contributed by atoms with Crippen LogP contribution in [0.2, 0.25) is 0 Å². The predicted molar refractivity (Wildman–Crippen MR) is 71.2 cm³/mol. The van der Waals surface area contributed by atoms with E-state index < -0.39 is 0 Å². The van der Waals surface area contributed by atoms with Gasteiger partial charge in [-0.3, -0.25) is 9.89 Å². The van der Waals surface area contributed by atoms with Gasteiger partial charge in [0.05, 0.1) is 5.52 Å². The van der Waals surface area contributed by atoms with Crippen molar-refractivity contribution in [1.29, 1.82) is 0 Å². The summed E-state index contributed by atoms with van der Waals surface area (Å²) in [5.41, 5.74) is 0.941. The van der Waals surface area contributed by atoms with Crippen molar-refractivity contribution in [2.45, 2.75) is 19.3 Å². The van der Waals surface area contributed by atoms with Crippen molar-refractivity contribution >= 4 is 22.6 Å². The number of H-pyrrole nitrogens is 1. The van der Waals surface area contributed by atoms with E-state index in [4.69, 9.17) is 0 Å². The molecule has 1 aromatic carbocycles. The number of para-hydroxylation sites is 1. The zero-order valence-corrected chi connectivity index (χ0v) is 10.0. The Bertz CT molecular complexity index is 600. The third-order valence-electron chi connectivity index (χ3n) is 3.35. The number of carbonyl (C=O) groups is 1. The summed E-state index contributed by atoms with van der Waals surface area (Å²) in [4.78, 5) is 12.1. The molecule has 1 aliphatic rings. The van der Waals surface area contributed by atoms with Crippen LogP contribution in [0.1, 0.15) is 19.3 Å².